The highest BCUT2D eigenvalue weighted by Crippen LogP contribution is 2.32. The topological polar surface area (TPSA) is 67.1 Å². The van der Waals surface area contributed by atoms with Crippen molar-refractivity contribution in [1.82, 2.24) is 5.32 Å². The molecular weight excluding hydrogens is 286 g/mol. The molecule has 1 aliphatic carbocycles. The van der Waals surface area contributed by atoms with Crippen LogP contribution in [0.1, 0.15) is 23.6 Å². The third-order valence-corrected chi connectivity index (χ3v) is 4.00. The monoisotopic (exact) mass is 301 g/mol. The van der Waals surface area contributed by atoms with Crippen LogP contribution in [0.25, 0.3) is 0 Å². The van der Waals surface area contributed by atoms with Gasteiger partial charge in [-0.3, -0.25) is 0 Å². The summed E-state index contributed by atoms with van der Waals surface area (Å²) < 4.78 is 0. The number of urea groups is 1. The van der Waals surface area contributed by atoms with E-state index in [1.54, 1.807) is 12.1 Å². The number of anilines is 2. The van der Waals surface area contributed by atoms with Crippen LogP contribution in [0.2, 0.25) is 5.02 Å². The van der Waals surface area contributed by atoms with Gasteiger partial charge in [-0.2, -0.15) is 0 Å². The fourth-order valence-electron chi connectivity index (χ4n) is 2.67. The molecule has 0 heterocycles. The van der Waals surface area contributed by atoms with E-state index in [-0.39, 0.29) is 12.1 Å². The van der Waals surface area contributed by atoms with E-state index in [2.05, 4.69) is 10.6 Å². The van der Waals surface area contributed by atoms with Crippen LogP contribution in [0, 0.1) is 0 Å². The molecule has 1 aliphatic rings. The minimum Gasteiger partial charge on any atom is -0.399 e. The van der Waals surface area contributed by atoms with E-state index in [9.17, 15) is 4.79 Å². The molecule has 0 aromatic heterocycles. The van der Waals surface area contributed by atoms with Gasteiger partial charge in [-0.05, 0) is 48.2 Å². The molecule has 0 spiro atoms. The maximum atomic E-state index is 12.1. The number of para-hydroxylation sites is 1. The average molecular weight is 302 g/mol. The second-order valence-electron chi connectivity index (χ2n) is 5.13. The third-order valence-electron chi connectivity index (χ3n) is 3.67. The molecular formula is C16H16ClN3O. The molecule has 108 valence electrons. The number of hydrogen-bond acceptors (Lipinski definition) is 2. The fraction of sp³-hybridized carbons (Fsp3) is 0.188. The van der Waals surface area contributed by atoms with Crippen molar-refractivity contribution in [2.75, 3.05) is 11.1 Å². The van der Waals surface area contributed by atoms with Gasteiger partial charge in [0.15, 0.2) is 0 Å². The molecule has 0 saturated heterocycles. The molecule has 0 bridgehead atoms. The van der Waals surface area contributed by atoms with E-state index in [1.165, 1.54) is 5.56 Å². The second kappa shape index (κ2) is 5.66. The zero-order chi connectivity index (χ0) is 14.8. The van der Waals surface area contributed by atoms with Crippen LogP contribution in [0.4, 0.5) is 16.2 Å². The van der Waals surface area contributed by atoms with Crippen molar-refractivity contribution < 1.29 is 4.79 Å². The number of hydrogen-bond donors (Lipinski definition) is 3. The van der Waals surface area contributed by atoms with E-state index in [4.69, 9.17) is 17.3 Å². The Morgan fingerprint density at radius 2 is 2.05 bits per heavy atom. The van der Waals surface area contributed by atoms with E-state index < -0.39 is 0 Å². The molecule has 0 radical (unpaired) electrons. The lowest BCUT2D eigenvalue weighted by molar-refractivity contribution is 0.248. The normalized spacial score (nSPS) is 16.3. The van der Waals surface area contributed by atoms with Crippen molar-refractivity contribution in [3.05, 3.63) is 58.6 Å². The Morgan fingerprint density at radius 3 is 2.86 bits per heavy atom. The van der Waals surface area contributed by atoms with Crippen molar-refractivity contribution in [3.8, 4) is 0 Å². The largest absolute Gasteiger partial charge is 0.399 e. The van der Waals surface area contributed by atoms with Crippen LogP contribution >= 0.6 is 11.6 Å². The third kappa shape index (κ3) is 2.95. The number of carbonyl (C=O) groups excluding carboxylic acids is 1. The van der Waals surface area contributed by atoms with Crippen LogP contribution in [-0.2, 0) is 6.42 Å². The molecule has 5 heteroatoms. The molecule has 21 heavy (non-hydrogen) atoms. The van der Waals surface area contributed by atoms with Gasteiger partial charge in [0.2, 0.25) is 0 Å². The number of nitrogens with one attached hydrogen (secondary N) is 2. The van der Waals surface area contributed by atoms with E-state index in [1.807, 2.05) is 30.3 Å². The van der Waals surface area contributed by atoms with Crippen LogP contribution in [0.3, 0.4) is 0 Å². The summed E-state index contributed by atoms with van der Waals surface area (Å²) in [5, 5.41) is 6.27. The number of nitrogens with two attached hydrogens (primary N) is 1. The summed E-state index contributed by atoms with van der Waals surface area (Å²) in [6.07, 6.45) is 1.81. The van der Waals surface area contributed by atoms with E-state index in [0.717, 1.165) is 24.1 Å². The van der Waals surface area contributed by atoms with Gasteiger partial charge >= 0.3 is 6.03 Å². The maximum Gasteiger partial charge on any atom is 0.319 e. The molecule has 3 rings (SSSR count). The van der Waals surface area contributed by atoms with Crippen molar-refractivity contribution in [2.24, 2.45) is 0 Å². The summed E-state index contributed by atoms with van der Waals surface area (Å²) in [6, 6.07) is 12.8. The number of aryl methyl sites for hydroxylation is 1. The number of nitrogen functional groups attached to an aromatic ring is 1. The predicted octanol–water partition coefficient (Wildman–Crippen LogP) is 3.73. The summed E-state index contributed by atoms with van der Waals surface area (Å²) in [5.74, 6) is 0. The lowest BCUT2D eigenvalue weighted by Crippen LogP contribution is -2.31. The summed E-state index contributed by atoms with van der Waals surface area (Å²) in [7, 11) is 0. The SMILES string of the molecule is Nc1ccc2c(c1)CCC2NC(=O)Nc1ccccc1Cl. The first-order valence-corrected chi connectivity index (χ1v) is 7.21. The smallest absolute Gasteiger partial charge is 0.319 e. The summed E-state index contributed by atoms with van der Waals surface area (Å²) >= 11 is 6.03. The van der Waals surface area contributed by atoms with Crippen molar-refractivity contribution in [3.63, 3.8) is 0 Å². The van der Waals surface area contributed by atoms with Crippen LogP contribution in [-0.4, -0.2) is 6.03 Å². The van der Waals surface area contributed by atoms with E-state index in [0.29, 0.717) is 10.7 Å². The van der Waals surface area contributed by atoms with Gasteiger partial charge in [0.1, 0.15) is 0 Å². The van der Waals surface area contributed by atoms with E-state index >= 15 is 0 Å². The number of halogens is 1. The Bertz CT molecular complexity index is 687. The summed E-state index contributed by atoms with van der Waals surface area (Å²) in [5.41, 5.74) is 9.49. The average Bonchev–Trinajstić information content (AvgIpc) is 2.83. The number of carbonyl (C=O) groups is 1. The lowest BCUT2D eigenvalue weighted by atomic mass is 10.1. The highest BCUT2D eigenvalue weighted by Gasteiger charge is 2.24. The molecule has 0 saturated carbocycles. The Hall–Kier alpha value is -2.20. The molecule has 4 N–H and O–H groups in total. The van der Waals surface area contributed by atoms with Crippen LogP contribution in [0.5, 0.6) is 0 Å². The Morgan fingerprint density at radius 1 is 1.24 bits per heavy atom. The first kappa shape index (κ1) is 13.8. The van der Waals surface area contributed by atoms with Gasteiger partial charge in [0, 0.05) is 5.69 Å². The number of rotatable bonds is 2. The molecule has 4 nitrogen and oxygen atoms in total. The number of amides is 2. The minimum absolute atomic E-state index is 0.0167. The molecule has 0 fully saturated rings. The first-order chi connectivity index (χ1) is 10.1. The van der Waals surface area contributed by atoms with Gasteiger partial charge in [-0.25, -0.2) is 4.79 Å². The zero-order valence-corrected chi connectivity index (χ0v) is 12.2. The Kier molecular flexibility index (Phi) is 3.71. The van der Waals surface area contributed by atoms with Gasteiger partial charge in [-0.15, -0.1) is 0 Å². The lowest BCUT2D eigenvalue weighted by Gasteiger charge is -2.15. The van der Waals surface area contributed by atoms with Gasteiger partial charge in [0.05, 0.1) is 16.8 Å². The predicted molar refractivity (Wildman–Crippen MR) is 85.5 cm³/mol. The highest BCUT2D eigenvalue weighted by atomic mass is 35.5. The summed E-state index contributed by atoms with van der Waals surface area (Å²) in [4.78, 5) is 12.1. The Balaban J connectivity index is 1.69. The Labute approximate surface area is 128 Å². The van der Waals surface area contributed by atoms with Gasteiger partial charge in [-0.1, -0.05) is 29.8 Å². The number of benzene rings is 2. The molecule has 0 aliphatic heterocycles. The quantitative estimate of drug-likeness (QED) is 0.740. The molecule has 1 atom stereocenters. The van der Waals surface area contributed by atoms with Gasteiger partial charge in [0.25, 0.3) is 0 Å². The minimum atomic E-state index is -0.252. The maximum absolute atomic E-state index is 12.1. The number of fused-ring (bicyclic) bond motifs is 1. The molecule has 2 aromatic carbocycles. The highest BCUT2D eigenvalue weighted by molar-refractivity contribution is 6.33. The van der Waals surface area contributed by atoms with Crippen LogP contribution in [0.15, 0.2) is 42.5 Å². The van der Waals surface area contributed by atoms with Crippen molar-refractivity contribution >= 4 is 29.0 Å². The molecule has 2 aromatic rings. The first-order valence-electron chi connectivity index (χ1n) is 6.84. The molecule has 1 unspecified atom stereocenters. The van der Waals surface area contributed by atoms with Crippen molar-refractivity contribution in [1.29, 1.82) is 0 Å². The summed E-state index contributed by atoms with van der Waals surface area (Å²) in [6.45, 7) is 0. The van der Waals surface area contributed by atoms with Gasteiger partial charge < -0.3 is 16.4 Å². The molecule has 2 amide bonds. The standard InChI is InChI=1S/C16H16ClN3O/c17-13-3-1-2-4-15(13)20-16(21)19-14-8-5-10-9-11(18)6-7-12(10)14/h1-4,6-7,9,14H,5,8,18H2,(H2,19,20,21). The fourth-order valence-corrected chi connectivity index (χ4v) is 2.85. The second-order valence-corrected chi connectivity index (χ2v) is 5.54. The zero-order valence-electron chi connectivity index (χ0n) is 11.4. The van der Waals surface area contributed by atoms with Crippen LogP contribution < -0.4 is 16.4 Å². The van der Waals surface area contributed by atoms with Crippen molar-refractivity contribution in [2.45, 2.75) is 18.9 Å².